The summed E-state index contributed by atoms with van der Waals surface area (Å²) < 4.78 is 41.7. The van der Waals surface area contributed by atoms with E-state index in [9.17, 15) is 23.5 Å². The number of pyridine rings is 1. The van der Waals surface area contributed by atoms with Crippen LogP contribution in [0.5, 0.6) is 11.8 Å². The van der Waals surface area contributed by atoms with Crippen LogP contribution in [0.15, 0.2) is 51.8 Å². The summed E-state index contributed by atoms with van der Waals surface area (Å²) >= 11 is 0. The molecular weight excluding hydrogens is 646 g/mol. The molecule has 6 heterocycles. The first-order valence-electron chi connectivity index (χ1n) is 16.3. The van der Waals surface area contributed by atoms with Crippen LogP contribution in [0.3, 0.4) is 0 Å². The summed E-state index contributed by atoms with van der Waals surface area (Å²) in [6, 6.07) is 8.95. The zero-order valence-corrected chi connectivity index (χ0v) is 27.3. The standard InChI is InChI=1S/C37H32F2N6O5/c1-4-23-26(39)9-8-20-13-22(46)14-24(27(20)23)30-19(2)29-28(33(47)50-30)32(41-17-36(3)25-7-5-11-40-31(25)43-34(36)48)44-35(42-29)49-18-37-10-6-12-45(37)16-21(38)15-37/h1,5,7-9,11,13-14,21,46H,6,10,12,15-18H2,2-3H3,(H,40,43,48)(H,41,42,44)/t21-,36?,37+/m1/s1. The molecule has 3 aliphatic heterocycles. The molecule has 2 aromatic carbocycles. The Morgan fingerprint density at radius 1 is 1.24 bits per heavy atom. The van der Waals surface area contributed by atoms with Gasteiger partial charge in [0.05, 0.1) is 22.0 Å². The molecule has 3 N–H and O–H groups in total. The number of terminal acetylenes is 1. The molecule has 0 aliphatic carbocycles. The fraction of sp³-hybridized carbons (Fsp3) is 0.324. The topological polar surface area (TPSA) is 143 Å². The van der Waals surface area contributed by atoms with E-state index in [0.29, 0.717) is 35.3 Å². The summed E-state index contributed by atoms with van der Waals surface area (Å²) in [4.78, 5) is 42.8. The first kappa shape index (κ1) is 31.6. The Hall–Kier alpha value is -5.61. The van der Waals surface area contributed by atoms with Gasteiger partial charge in [0, 0.05) is 47.8 Å². The first-order valence-corrected chi connectivity index (χ1v) is 16.3. The summed E-state index contributed by atoms with van der Waals surface area (Å²) in [5, 5.41) is 17.3. The number of benzene rings is 2. The minimum atomic E-state index is -1.07. The van der Waals surface area contributed by atoms with E-state index in [-0.39, 0.29) is 69.8 Å². The number of rotatable bonds is 7. The molecule has 2 fully saturated rings. The van der Waals surface area contributed by atoms with Crippen molar-refractivity contribution in [1.82, 2.24) is 19.9 Å². The van der Waals surface area contributed by atoms with Crippen molar-refractivity contribution in [2.75, 3.05) is 36.9 Å². The monoisotopic (exact) mass is 678 g/mol. The van der Waals surface area contributed by atoms with Gasteiger partial charge >= 0.3 is 11.6 Å². The van der Waals surface area contributed by atoms with Crippen LogP contribution < -0.4 is 21.0 Å². The van der Waals surface area contributed by atoms with E-state index in [1.165, 1.54) is 24.3 Å². The lowest BCUT2D eigenvalue weighted by atomic mass is 9.84. The molecule has 50 heavy (non-hydrogen) atoms. The normalized spacial score (nSPS) is 22.8. The second-order valence-electron chi connectivity index (χ2n) is 13.5. The third kappa shape index (κ3) is 4.85. The summed E-state index contributed by atoms with van der Waals surface area (Å²) in [5.74, 6) is 1.81. The average Bonchev–Trinajstić information content (AvgIpc) is 3.71. The molecule has 3 aromatic heterocycles. The smallest absolute Gasteiger partial charge is 0.349 e. The number of fused-ring (bicyclic) bond motifs is 4. The highest BCUT2D eigenvalue weighted by molar-refractivity contribution is 6.06. The minimum Gasteiger partial charge on any atom is -0.508 e. The van der Waals surface area contributed by atoms with Crippen molar-refractivity contribution in [3.05, 3.63) is 75.5 Å². The maximum Gasteiger partial charge on any atom is 0.349 e. The maximum atomic E-state index is 14.9. The number of anilines is 2. The van der Waals surface area contributed by atoms with E-state index in [1.807, 2.05) is 0 Å². The number of hydrogen-bond acceptors (Lipinski definition) is 10. The number of carbonyl (C=O) groups excluding carboxylic acids is 1. The second-order valence-corrected chi connectivity index (χ2v) is 13.5. The zero-order chi connectivity index (χ0) is 34.9. The van der Waals surface area contributed by atoms with Gasteiger partial charge in [0.25, 0.3) is 0 Å². The lowest BCUT2D eigenvalue weighted by Gasteiger charge is -2.30. The first-order chi connectivity index (χ1) is 24.0. The molecule has 3 atom stereocenters. The van der Waals surface area contributed by atoms with Crippen molar-refractivity contribution in [3.8, 4) is 35.4 Å². The number of nitrogens with zero attached hydrogens (tertiary/aromatic N) is 4. The number of aryl methyl sites for hydroxylation is 1. The molecule has 3 aliphatic rings. The van der Waals surface area contributed by atoms with Crippen LogP contribution in [0.4, 0.5) is 20.4 Å². The number of carbonyl (C=O) groups is 1. The third-order valence-corrected chi connectivity index (χ3v) is 10.4. The number of phenolic OH excluding ortho intramolecular Hbond substituents is 1. The van der Waals surface area contributed by atoms with E-state index in [4.69, 9.17) is 15.6 Å². The maximum absolute atomic E-state index is 14.9. The number of hydrogen-bond donors (Lipinski definition) is 3. The Morgan fingerprint density at radius 2 is 2.08 bits per heavy atom. The quantitative estimate of drug-likeness (QED) is 0.197. The molecule has 1 unspecified atom stereocenters. The van der Waals surface area contributed by atoms with Gasteiger partial charge in [-0.25, -0.2) is 18.6 Å². The molecule has 0 spiro atoms. The Kier molecular flexibility index (Phi) is 7.27. The summed E-state index contributed by atoms with van der Waals surface area (Å²) in [6.45, 7) is 4.69. The molecule has 0 bridgehead atoms. The summed E-state index contributed by atoms with van der Waals surface area (Å²) in [6.07, 6.45) is 8.35. The van der Waals surface area contributed by atoms with Gasteiger partial charge < -0.3 is 24.9 Å². The predicted molar refractivity (Wildman–Crippen MR) is 183 cm³/mol. The van der Waals surface area contributed by atoms with Crippen molar-refractivity contribution >= 4 is 39.2 Å². The van der Waals surface area contributed by atoms with Crippen LogP contribution in [-0.2, 0) is 10.2 Å². The molecular formula is C37H32F2N6O5. The predicted octanol–water partition coefficient (Wildman–Crippen LogP) is 5.21. The largest absolute Gasteiger partial charge is 0.508 e. The molecule has 5 aromatic rings. The molecule has 11 nitrogen and oxygen atoms in total. The lowest BCUT2D eigenvalue weighted by Crippen LogP contribution is -2.43. The molecule has 0 saturated carbocycles. The highest BCUT2D eigenvalue weighted by Gasteiger charge is 2.49. The fourth-order valence-corrected chi connectivity index (χ4v) is 7.83. The van der Waals surface area contributed by atoms with E-state index < -0.39 is 28.6 Å². The van der Waals surface area contributed by atoms with Gasteiger partial charge in [-0.2, -0.15) is 9.97 Å². The Morgan fingerprint density at radius 3 is 2.90 bits per heavy atom. The second kappa shape index (κ2) is 11.5. The Labute approximate surface area is 284 Å². The van der Waals surface area contributed by atoms with Gasteiger partial charge in [0.2, 0.25) is 5.91 Å². The van der Waals surface area contributed by atoms with Crippen molar-refractivity contribution in [2.45, 2.75) is 50.2 Å². The van der Waals surface area contributed by atoms with Crippen LogP contribution in [0, 0.1) is 25.1 Å². The molecule has 1 amide bonds. The number of alkyl halides is 1. The van der Waals surface area contributed by atoms with Gasteiger partial charge in [0.15, 0.2) is 0 Å². The van der Waals surface area contributed by atoms with Crippen LogP contribution in [0.25, 0.3) is 33.0 Å². The highest BCUT2D eigenvalue weighted by Crippen LogP contribution is 2.42. The number of halogens is 2. The molecule has 2 saturated heterocycles. The van der Waals surface area contributed by atoms with Crippen molar-refractivity contribution in [1.29, 1.82) is 0 Å². The average molecular weight is 679 g/mol. The highest BCUT2D eigenvalue weighted by atomic mass is 19.1. The zero-order valence-electron chi connectivity index (χ0n) is 27.3. The van der Waals surface area contributed by atoms with Crippen molar-refractivity contribution in [3.63, 3.8) is 0 Å². The number of aromatic hydroxyl groups is 1. The van der Waals surface area contributed by atoms with Crippen molar-refractivity contribution < 1.29 is 27.8 Å². The summed E-state index contributed by atoms with van der Waals surface area (Å²) in [7, 11) is 0. The number of amides is 1. The van der Waals surface area contributed by atoms with Gasteiger partial charge in [-0.3, -0.25) is 9.69 Å². The van der Waals surface area contributed by atoms with Gasteiger partial charge in [-0.15, -0.1) is 6.42 Å². The fourth-order valence-electron chi connectivity index (χ4n) is 7.83. The molecule has 0 radical (unpaired) electrons. The van der Waals surface area contributed by atoms with E-state index in [2.05, 4.69) is 36.4 Å². The van der Waals surface area contributed by atoms with E-state index >= 15 is 0 Å². The van der Waals surface area contributed by atoms with Crippen LogP contribution in [-0.4, -0.2) is 68.8 Å². The summed E-state index contributed by atoms with van der Waals surface area (Å²) in [5.41, 5.74) is -1.07. The van der Waals surface area contributed by atoms with E-state index in [0.717, 1.165) is 19.4 Å². The van der Waals surface area contributed by atoms with Crippen LogP contribution in [0.2, 0.25) is 0 Å². The molecule has 13 heteroatoms. The third-order valence-electron chi connectivity index (χ3n) is 10.4. The van der Waals surface area contributed by atoms with Gasteiger partial charge in [-0.05, 0) is 62.9 Å². The van der Waals surface area contributed by atoms with E-state index in [1.54, 1.807) is 32.2 Å². The number of phenols is 1. The minimum absolute atomic E-state index is 0.00910. The Bertz CT molecular complexity index is 2360. The SMILES string of the molecule is C#Cc1c(F)ccc2cc(O)cc(-c3oc(=O)c4c(NCC5(C)C(=O)Nc6ncccc65)nc(OC[C@@]56CCCN5C[C@H](F)C6)nc4c3C)c12. The number of nitrogens with one attached hydrogen (secondary N) is 2. The van der Waals surface area contributed by atoms with Gasteiger partial charge in [-0.1, -0.05) is 18.1 Å². The molecule has 8 rings (SSSR count). The van der Waals surface area contributed by atoms with Crippen LogP contribution in [0.1, 0.15) is 42.9 Å². The number of ether oxygens (including phenoxy) is 1. The van der Waals surface area contributed by atoms with Crippen LogP contribution >= 0.6 is 0 Å². The Balaban J connectivity index is 1.28. The van der Waals surface area contributed by atoms with Crippen molar-refractivity contribution in [2.24, 2.45) is 0 Å². The van der Waals surface area contributed by atoms with Gasteiger partial charge in [0.1, 0.15) is 47.1 Å². The number of aromatic nitrogens is 3. The lowest BCUT2D eigenvalue weighted by molar-refractivity contribution is -0.119. The molecule has 254 valence electrons.